The standard InChI is InChI=1S/C26H35N7OS/c1-31(2)18-9-11-33(12-10-18)19-14-28-26(29-15-19)30-22-13-20-21(16-27-22)35-24(25(34)32(3)4)23(20)17-7-5-6-8-17/h13-18H,5-12H2,1-4H3,(H,27,28,29,30). The summed E-state index contributed by atoms with van der Waals surface area (Å²) in [6.45, 7) is 2.04. The number of hydrogen-bond donors (Lipinski definition) is 1. The Bertz CT molecular complexity index is 1180. The molecule has 1 amide bonds. The van der Waals surface area contributed by atoms with Gasteiger partial charge in [0, 0.05) is 44.8 Å². The quantitative estimate of drug-likeness (QED) is 0.532. The van der Waals surface area contributed by atoms with E-state index in [0.29, 0.717) is 23.7 Å². The number of thiophene rings is 1. The van der Waals surface area contributed by atoms with Crippen molar-refractivity contribution in [2.45, 2.75) is 50.5 Å². The fraction of sp³-hybridized carbons (Fsp3) is 0.538. The van der Waals surface area contributed by atoms with Gasteiger partial charge in [-0.1, -0.05) is 12.8 Å². The number of carbonyl (C=O) groups is 1. The predicted octanol–water partition coefficient (Wildman–Crippen LogP) is 4.72. The number of fused-ring (bicyclic) bond motifs is 1. The molecule has 0 unspecified atom stereocenters. The molecule has 0 spiro atoms. The monoisotopic (exact) mass is 493 g/mol. The van der Waals surface area contributed by atoms with Gasteiger partial charge < -0.3 is 20.0 Å². The van der Waals surface area contributed by atoms with E-state index in [4.69, 9.17) is 0 Å². The van der Waals surface area contributed by atoms with E-state index in [1.165, 1.54) is 18.4 Å². The van der Waals surface area contributed by atoms with Crippen molar-refractivity contribution in [3.63, 3.8) is 0 Å². The van der Waals surface area contributed by atoms with E-state index in [1.807, 2.05) is 32.7 Å². The van der Waals surface area contributed by atoms with Gasteiger partial charge in [-0.15, -0.1) is 11.3 Å². The highest BCUT2D eigenvalue weighted by Crippen LogP contribution is 2.44. The Balaban J connectivity index is 1.36. The van der Waals surface area contributed by atoms with Gasteiger partial charge in [0.1, 0.15) is 5.82 Å². The lowest BCUT2D eigenvalue weighted by Gasteiger charge is -2.36. The van der Waals surface area contributed by atoms with E-state index in [9.17, 15) is 4.79 Å². The Morgan fingerprint density at radius 2 is 1.69 bits per heavy atom. The van der Waals surface area contributed by atoms with Gasteiger partial charge in [0.15, 0.2) is 0 Å². The van der Waals surface area contributed by atoms with Crippen LogP contribution < -0.4 is 10.2 Å². The minimum Gasteiger partial charge on any atom is -0.369 e. The van der Waals surface area contributed by atoms with Crippen LogP contribution in [0.2, 0.25) is 0 Å². The van der Waals surface area contributed by atoms with Gasteiger partial charge in [-0.25, -0.2) is 15.0 Å². The molecule has 3 aromatic heterocycles. The molecule has 1 aliphatic carbocycles. The molecule has 9 heteroatoms. The molecule has 0 atom stereocenters. The van der Waals surface area contributed by atoms with Crippen molar-refractivity contribution >= 4 is 44.8 Å². The zero-order chi connectivity index (χ0) is 24.5. The van der Waals surface area contributed by atoms with Crippen molar-refractivity contribution in [1.82, 2.24) is 24.8 Å². The molecule has 2 fully saturated rings. The number of nitrogens with one attached hydrogen (secondary N) is 1. The zero-order valence-electron chi connectivity index (χ0n) is 21.1. The molecule has 1 saturated carbocycles. The van der Waals surface area contributed by atoms with Gasteiger partial charge in [-0.05, 0) is 57.3 Å². The summed E-state index contributed by atoms with van der Waals surface area (Å²) in [4.78, 5) is 33.9. The maximum Gasteiger partial charge on any atom is 0.263 e. The van der Waals surface area contributed by atoms with Crippen molar-refractivity contribution in [2.24, 2.45) is 0 Å². The number of rotatable bonds is 6. The van der Waals surface area contributed by atoms with Crippen LogP contribution in [0.5, 0.6) is 0 Å². The number of amides is 1. The Labute approximate surface area is 211 Å². The summed E-state index contributed by atoms with van der Waals surface area (Å²) >= 11 is 1.56. The molecule has 1 aliphatic heterocycles. The third kappa shape index (κ3) is 4.97. The summed E-state index contributed by atoms with van der Waals surface area (Å²) < 4.78 is 1.06. The lowest BCUT2D eigenvalue weighted by molar-refractivity contribution is 0.0831. The maximum absolute atomic E-state index is 13.0. The van der Waals surface area contributed by atoms with Gasteiger partial charge in [0.2, 0.25) is 5.95 Å². The number of carbonyl (C=O) groups excluding carboxylic acids is 1. The third-order valence-electron chi connectivity index (χ3n) is 7.42. The van der Waals surface area contributed by atoms with Crippen molar-refractivity contribution in [3.05, 3.63) is 35.1 Å². The maximum atomic E-state index is 13.0. The molecule has 4 heterocycles. The summed E-state index contributed by atoms with van der Waals surface area (Å²) in [5.41, 5.74) is 2.26. The van der Waals surface area contributed by atoms with Gasteiger partial charge in [0.05, 0.1) is 27.7 Å². The average molecular weight is 494 g/mol. The molecule has 0 aromatic carbocycles. The Hall–Kier alpha value is -2.78. The van der Waals surface area contributed by atoms with Crippen LogP contribution in [-0.4, -0.2) is 78.0 Å². The first-order valence-corrected chi connectivity index (χ1v) is 13.4. The number of pyridine rings is 1. The largest absolute Gasteiger partial charge is 0.369 e. The van der Waals surface area contributed by atoms with Gasteiger partial charge in [0.25, 0.3) is 5.91 Å². The molecule has 0 radical (unpaired) electrons. The highest BCUT2D eigenvalue weighted by Gasteiger charge is 2.28. The molecule has 5 rings (SSSR count). The number of anilines is 3. The van der Waals surface area contributed by atoms with Gasteiger partial charge >= 0.3 is 0 Å². The van der Waals surface area contributed by atoms with Gasteiger partial charge in [-0.2, -0.15) is 0 Å². The van der Waals surface area contributed by atoms with Crippen LogP contribution in [0.1, 0.15) is 59.7 Å². The highest BCUT2D eigenvalue weighted by atomic mass is 32.1. The van der Waals surface area contributed by atoms with Crippen LogP contribution >= 0.6 is 11.3 Å². The molecular formula is C26H35N7OS. The summed E-state index contributed by atoms with van der Waals surface area (Å²) in [6, 6.07) is 2.71. The number of hydrogen-bond acceptors (Lipinski definition) is 8. The Morgan fingerprint density at radius 1 is 1.00 bits per heavy atom. The number of piperidine rings is 1. The molecule has 186 valence electrons. The minimum absolute atomic E-state index is 0.0798. The molecule has 3 aromatic rings. The van der Waals surface area contributed by atoms with E-state index in [0.717, 1.165) is 59.4 Å². The summed E-state index contributed by atoms with van der Waals surface area (Å²) in [5, 5.41) is 4.41. The van der Waals surface area contributed by atoms with Crippen LogP contribution in [0.3, 0.4) is 0 Å². The zero-order valence-corrected chi connectivity index (χ0v) is 21.9. The van der Waals surface area contributed by atoms with E-state index in [1.54, 1.807) is 16.2 Å². The summed E-state index contributed by atoms with van der Waals surface area (Å²) in [6.07, 6.45) is 12.7. The van der Waals surface area contributed by atoms with E-state index in [-0.39, 0.29) is 5.91 Å². The smallest absolute Gasteiger partial charge is 0.263 e. The van der Waals surface area contributed by atoms with Crippen molar-refractivity contribution in [3.8, 4) is 0 Å². The number of aromatic nitrogens is 3. The average Bonchev–Trinajstić information content (AvgIpc) is 3.51. The SMILES string of the molecule is CN(C)C(=O)c1sc2cnc(Nc3ncc(N4CCC(N(C)C)CC4)cn3)cc2c1C1CCCC1. The lowest BCUT2D eigenvalue weighted by atomic mass is 9.94. The highest BCUT2D eigenvalue weighted by molar-refractivity contribution is 7.21. The first kappa shape index (κ1) is 23.9. The molecule has 1 saturated heterocycles. The Kier molecular flexibility index (Phi) is 6.88. The minimum atomic E-state index is 0.0798. The van der Waals surface area contributed by atoms with Crippen LogP contribution in [0.25, 0.3) is 10.1 Å². The fourth-order valence-corrected chi connectivity index (χ4v) is 6.64. The lowest BCUT2D eigenvalue weighted by Crippen LogP contribution is -2.42. The van der Waals surface area contributed by atoms with Gasteiger partial charge in [-0.3, -0.25) is 4.79 Å². The first-order valence-electron chi connectivity index (χ1n) is 12.5. The Morgan fingerprint density at radius 3 is 2.31 bits per heavy atom. The summed E-state index contributed by atoms with van der Waals surface area (Å²) in [7, 11) is 7.95. The second kappa shape index (κ2) is 10.1. The van der Waals surface area contributed by atoms with Crippen molar-refractivity contribution in [2.75, 3.05) is 51.5 Å². The predicted molar refractivity (Wildman–Crippen MR) is 143 cm³/mol. The topological polar surface area (TPSA) is 77.5 Å². The van der Waals surface area contributed by atoms with Crippen LogP contribution in [0.15, 0.2) is 24.7 Å². The second-order valence-electron chi connectivity index (χ2n) is 10.2. The normalized spacial score (nSPS) is 17.5. The molecule has 8 nitrogen and oxygen atoms in total. The van der Waals surface area contributed by atoms with Crippen LogP contribution in [0.4, 0.5) is 17.5 Å². The third-order valence-corrected chi connectivity index (χ3v) is 8.56. The van der Waals surface area contributed by atoms with Crippen molar-refractivity contribution in [1.29, 1.82) is 0 Å². The van der Waals surface area contributed by atoms with E-state index < -0.39 is 0 Å². The second-order valence-corrected chi connectivity index (χ2v) is 11.2. The van der Waals surface area contributed by atoms with Crippen LogP contribution in [-0.2, 0) is 0 Å². The molecule has 0 bridgehead atoms. The van der Waals surface area contributed by atoms with E-state index >= 15 is 0 Å². The molecule has 35 heavy (non-hydrogen) atoms. The molecular weight excluding hydrogens is 458 g/mol. The van der Waals surface area contributed by atoms with E-state index in [2.05, 4.69) is 50.2 Å². The molecule has 1 N–H and O–H groups in total. The fourth-order valence-electron chi connectivity index (χ4n) is 5.38. The van der Waals surface area contributed by atoms with Crippen LogP contribution in [0, 0.1) is 0 Å². The molecule has 2 aliphatic rings. The van der Waals surface area contributed by atoms with Crippen molar-refractivity contribution < 1.29 is 4.79 Å². The number of nitrogens with zero attached hydrogens (tertiary/aromatic N) is 6. The first-order chi connectivity index (χ1) is 16.9. The summed E-state index contributed by atoms with van der Waals surface area (Å²) in [5.74, 6) is 1.75.